The number of fused-ring (bicyclic) bond motifs is 1. The summed E-state index contributed by atoms with van der Waals surface area (Å²) in [5, 5.41) is 8.56. The maximum atomic E-state index is 13.1. The molecule has 134 valence electrons. The van der Waals surface area contributed by atoms with Crippen molar-refractivity contribution in [3.63, 3.8) is 0 Å². The van der Waals surface area contributed by atoms with E-state index in [0.29, 0.717) is 11.5 Å². The van der Waals surface area contributed by atoms with E-state index in [1.807, 2.05) is 48.0 Å². The molecule has 1 fully saturated rings. The van der Waals surface area contributed by atoms with Gasteiger partial charge in [-0.15, -0.1) is 0 Å². The Kier molecular flexibility index (Phi) is 3.83. The Labute approximate surface area is 153 Å². The first-order valence-electron chi connectivity index (χ1n) is 9.12. The Morgan fingerprint density at radius 3 is 2.50 bits per heavy atom. The van der Waals surface area contributed by atoms with Gasteiger partial charge in [-0.1, -0.05) is 18.2 Å². The number of carbonyl (C=O) groups excluding carboxylic acids is 1. The molecule has 5 heteroatoms. The highest BCUT2D eigenvalue weighted by Crippen LogP contribution is 2.41. The Hall–Kier alpha value is -2.69. The summed E-state index contributed by atoms with van der Waals surface area (Å²) in [7, 11) is 0. The van der Waals surface area contributed by atoms with E-state index >= 15 is 0 Å². The summed E-state index contributed by atoms with van der Waals surface area (Å²) >= 11 is 0. The largest absolute Gasteiger partial charge is 0.322 e. The van der Waals surface area contributed by atoms with E-state index in [2.05, 4.69) is 26.1 Å². The number of anilines is 1. The van der Waals surface area contributed by atoms with Crippen molar-refractivity contribution in [1.82, 2.24) is 14.8 Å². The molecule has 0 saturated heterocycles. The number of carbonyl (C=O) groups is 1. The molecular weight excluding hydrogens is 324 g/mol. The van der Waals surface area contributed by atoms with Gasteiger partial charge in [-0.3, -0.25) is 4.79 Å². The van der Waals surface area contributed by atoms with Crippen molar-refractivity contribution in [2.24, 2.45) is 0 Å². The van der Waals surface area contributed by atoms with Crippen LogP contribution in [0.2, 0.25) is 0 Å². The number of pyridine rings is 1. The third-order valence-electron chi connectivity index (χ3n) is 4.74. The van der Waals surface area contributed by atoms with Crippen molar-refractivity contribution in [1.29, 1.82) is 0 Å². The van der Waals surface area contributed by atoms with E-state index in [1.165, 1.54) is 0 Å². The van der Waals surface area contributed by atoms with Crippen molar-refractivity contribution in [2.75, 3.05) is 5.32 Å². The zero-order chi connectivity index (χ0) is 18.5. The molecule has 1 aliphatic rings. The number of nitrogens with zero attached hydrogens (tertiary/aromatic N) is 3. The molecule has 0 aliphatic heterocycles. The second kappa shape index (κ2) is 5.94. The molecule has 1 amide bonds. The Morgan fingerprint density at radius 1 is 1.19 bits per heavy atom. The molecule has 1 saturated carbocycles. The van der Waals surface area contributed by atoms with E-state index in [0.717, 1.165) is 41.0 Å². The predicted molar refractivity (Wildman–Crippen MR) is 104 cm³/mol. The van der Waals surface area contributed by atoms with Crippen LogP contribution in [0.15, 0.2) is 36.4 Å². The van der Waals surface area contributed by atoms with Crippen LogP contribution in [0.4, 0.5) is 5.69 Å². The molecule has 3 aromatic rings. The Morgan fingerprint density at radius 2 is 1.88 bits per heavy atom. The molecular formula is C21H24N4O. The molecule has 2 aromatic heterocycles. The maximum absolute atomic E-state index is 13.1. The second-order valence-electron chi connectivity index (χ2n) is 8.06. The minimum atomic E-state index is -0.200. The third kappa shape index (κ3) is 2.98. The van der Waals surface area contributed by atoms with E-state index in [-0.39, 0.29) is 11.4 Å². The minimum absolute atomic E-state index is 0.109. The lowest BCUT2D eigenvalue weighted by Crippen LogP contribution is -2.23. The summed E-state index contributed by atoms with van der Waals surface area (Å²) in [6.07, 6.45) is 2.28. The van der Waals surface area contributed by atoms with Crippen LogP contribution in [0.1, 0.15) is 61.3 Å². The Bertz CT molecular complexity index is 979. The summed E-state index contributed by atoms with van der Waals surface area (Å²) in [4.78, 5) is 18.0. The van der Waals surface area contributed by atoms with Gasteiger partial charge in [0, 0.05) is 17.3 Å². The normalized spacial score (nSPS) is 14.6. The highest BCUT2D eigenvalue weighted by atomic mass is 16.1. The maximum Gasteiger partial charge on any atom is 0.256 e. The first-order valence-corrected chi connectivity index (χ1v) is 9.12. The number of amides is 1. The lowest BCUT2D eigenvalue weighted by Gasteiger charge is -2.20. The average Bonchev–Trinajstić information content (AvgIpc) is 3.38. The number of nitrogens with one attached hydrogen (secondary N) is 1. The smallest absolute Gasteiger partial charge is 0.256 e. The molecule has 1 aliphatic carbocycles. The molecule has 0 atom stereocenters. The monoisotopic (exact) mass is 348 g/mol. The number of rotatable bonds is 3. The predicted octanol–water partition coefficient (Wildman–Crippen LogP) is 4.62. The highest BCUT2D eigenvalue weighted by molar-refractivity contribution is 6.12. The molecule has 26 heavy (non-hydrogen) atoms. The molecule has 1 aromatic carbocycles. The molecule has 0 radical (unpaired) electrons. The summed E-state index contributed by atoms with van der Waals surface area (Å²) in [5.74, 6) is 0.355. The first kappa shape index (κ1) is 16.8. The van der Waals surface area contributed by atoms with Gasteiger partial charge in [0.1, 0.15) is 0 Å². The lowest BCUT2D eigenvalue weighted by molar-refractivity contribution is 0.102. The van der Waals surface area contributed by atoms with Crippen LogP contribution in [0.25, 0.3) is 11.0 Å². The molecule has 4 rings (SSSR count). The molecule has 5 nitrogen and oxygen atoms in total. The lowest BCUT2D eigenvalue weighted by atomic mass is 10.1. The molecule has 2 heterocycles. The summed E-state index contributed by atoms with van der Waals surface area (Å²) in [6.45, 7) is 8.26. The standard InChI is InChI=1S/C21H24N4O/c1-13-18-16(20(26)22-15-8-6-5-7-9-15)12-17(14-10-11-14)23-19(18)25(24-13)21(2,3)4/h5-9,12,14H,10-11H2,1-4H3,(H,22,26). The zero-order valence-electron chi connectivity index (χ0n) is 15.7. The Balaban J connectivity index is 1.87. The number of para-hydroxylation sites is 1. The average molecular weight is 348 g/mol. The van der Waals surface area contributed by atoms with Crippen LogP contribution in [0, 0.1) is 6.92 Å². The van der Waals surface area contributed by atoms with E-state index < -0.39 is 0 Å². The van der Waals surface area contributed by atoms with Crippen LogP contribution in [-0.4, -0.2) is 20.7 Å². The van der Waals surface area contributed by atoms with Gasteiger partial charge in [0.15, 0.2) is 5.65 Å². The number of hydrogen-bond acceptors (Lipinski definition) is 3. The van der Waals surface area contributed by atoms with Crippen molar-refractivity contribution in [3.05, 3.63) is 53.3 Å². The first-order chi connectivity index (χ1) is 12.3. The summed E-state index contributed by atoms with van der Waals surface area (Å²) in [5.41, 5.74) is 3.89. The highest BCUT2D eigenvalue weighted by Gasteiger charge is 2.30. The topological polar surface area (TPSA) is 59.8 Å². The quantitative estimate of drug-likeness (QED) is 0.751. The zero-order valence-corrected chi connectivity index (χ0v) is 15.7. The van der Waals surface area contributed by atoms with Gasteiger partial charge in [-0.2, -0.15) is 5.10 Å². The minimum Gasteiger partial charge on any atom is -0.322 e. The van der Waals surface area contributed by atoms with Crippen LogP contribution < -0.4 is 5.32 Å². The van der Waals surface area contributed by atoms with Crippen LogP contribution in [0.5, 0.6) is 0 Å². The molecule has 1 N–H and O–H groups in total. The number of aryl methyl sites for hydroxylation is 1. The van der Waals surface area contributed by atoms with Crippen molar-refractivity contribution in [2.45, 2.75) is 52.0 Å². The van der Waals surface area contributed by atoms with Gasteiger partial charge in [0.05, 0.1) is 22.2 Å². The summed E-state index contributed by atoms with van der Waals surface area (Å²) < 4.78 is 1.95. The molecule has 0 spiro atoms. The van der Waals surface area contributed by atoms with E-state index in [9.17, 15) is 4.79 Å². The van der Waals surface area contributed by atoms with E-state index in [1.54, 1.807) is 0 Å². The van der Waals surface area contributed by atoms with Crippen LogP contribution in [0.3, 0.4) is 0 Å². The van der Waals surface area contributed by atoms with Gasteiger partial charge < -0.3 is 5.32 Å². The molecule has 0 unspecified atom stereocenters. The number of aromatic nitrogens is 3. The van der Waals surface area contributed by atoms with Gasteiger partial charge in [-0.25, -0.2) is 9.67 Å². The van der Waals surface area contributed by atoms with E-state index in [4.69, 9.17) is 10.1 Å². The fraction of sp³-hybridized carbons (Fsp3) is 0.381. The van der Waals surface area contributed by atoms with Crippen molar-refractivity contribution in [3.8, 4) is 0 Å². The van der Waals surface area contributed by atoms with Gasteiger partial charge >= 0.3 is 0 Å². The van der Waals surface area contributed by atoms with Crippen LogP contribution in [-0.2, 0) is 5.54 Å². The SMILES string of the molecule is Cc1nn(C(C)(C)C)c2nc(C3CC3)cc(C(=O)Nc3ccccc3)c12. The summed E-state index contributed by atoms with van der Waals surface area (Å²) in [6, 6.07) is 11.5. The fourth-order valence-corrected chi connectivity index (χ4v) is 3.26. The van der Waals surface area contributed by atoms with Crippen molar-refractivity contribution >= 4 is 22.6 Å². The number of benzene rings is 1. The fourth-order valence-electron chi connectivity index (χ4n) is 3.26. The van der Waals surface area contributed by atoms with Gasteiger partial charge in [-0.05, 0) is 58.7 Å². The third-order valence-corrected chi connectivity index (χ3v) is 4.74. The van der Waals surface area contributed by atoms with Gasteiger partial charge in [0.25, 0.3) is 5.91 Å². The van der Waals surface area contributed by atoms with Gasteiger partial charge in [0.2, 0.25) is 0 Å². The molecule has 0 bridgehead atoms. The number of hydrogen-bond donors (Lipinski definition) is 1. The second-order valence-corrected chi connectivity index (χ2v) is 8.06. The van der Waals surface area contributed by atoms with Crippen LogP contribution >= 0.6 is 0 Å². The van der Waals surface area contributed by atoms with Crippen molar-refractivity contribution < 1.29 is 4.79 Å².